The van der Waals surface area contributed by atoms with Crippen molar-refractivity contribution in [1.82, 2.24) is 9.21 Å². The molecule has 0 saturated heterocycles. The summed E-state index contributed by atoms with van der Waals surface area (Å²) < 4.78 is 34.9. The van der Waals surface area contributed by atoms with Crippen molar-refractivity contribution in [1.29, 1.82) is 0 Å². The molecule has 168 valence electrons. The number of nitrogens with zero attached hydrogens (tertiary/aromatic N) is 2. The predicted molar refractivity (Wildman–Crippen MR) is 120 cm³/mol. The van der Waals surface area contributed by atoms with E-state index in [1.54, 1.807) is 13.0 Å². The Morgan fingerprint density at radius 2 is 2.13 bits per heavy atom. The second-order valence-corrected chi connectivity index (χ2v) is 10.6. The Hall–Kier alpha value is -1.41. The van der Waals surface area contributed by atoms with E-state index in [9.17, 15) is 13.5 Å². The standard InChI is InChI=1S/C23H36N2O4S/c1-5-12-24(4)15-22-17(2)14-25(18(3)16-26)30(27,28)23-11-10-20(13-21(23)29-22)19-8-6-7-9-19/h8,10-11,13,17-18,22,26H,5-7,9,12,14-16H2,1-4H3/t17-,18-,22+/m0/s1. The molecular weight excluding hydrogens is 400 g/mol. The normalized spacial score (nSPS) is 25.2. The first-order valence-electron chi connectivity index (χ1n) is 11.1. The van der Waals surface area contributed by atoms with Crippen molar-refractivity contribution < 1.29 is 18.3 Å². The molecule has 0 aromatic heterocycles. The lowest BCUT2D eigenvalue weighted by Gasteiger charge is -2.37. The second-order valence-electron chi connectivity index (χ2n) is 8.79. The van der Waals surface area contributed by atoms with Crippen LogP contribution in [0.4, 0.5) is 0 Å². The maximum atomic E-state index is 13.5. The number of likely N-dealkylation sites (N-methyl/N-ethyl adjacent to an activating group) is 1. The fraction of sp³-hybridized carbons (Fsp3) is 0.652. The molecule has 3 atom stereocenters. The topological polar surface area (TPSA) is 70.1 Å². The lowest BCUT2D eigenvalue weighted by Crippen LogP contribution is -2.49. The number of ether oxygens (including phenoxy) is 1. The van der Waals surface area contributed by atoms with E-state index in [0.29, 0.717) is 12.3 Å². The van der Waals surface area contributed by atoms with Crippen molar-refractivity contribution in [3.8, 4) is 5.75 Å². The van der Waals surface area contributed by atoms with Crippen LogP contribution in [0.15, 0.2) is 29.2 Å². The summed E-state index contributed by atoms with van der Waals surface area (Å²) in [4.78, 5) is 2.43. The molecule has 3 rings (SSSR count). The van der Waals surface area contributed by atoms with Crippen molar-refractivity contribution in [3.63, 3.8) is 0 Å². The van der Waals surface area contributed by atoms with E-state index < -0.39 is 16.1 Å². The Labute approximate surface area is 181 Å². The molecule has 1 aromatic rings. The average molecular weight is 437 g/mol. The largest absolute Gasteiger partial charge is 0.487 e. The van der Waals surface area contributed by atoms with Gasteiger partial charge < -0.3 is 14.7 Å². The van der Waals surface area contributed by atoms with E-state index in [0.717, 1.165) is 44.3 Å². The number of allylic oxidation sites excluding steroid dienone is 2. The summed E-state index contributed by atoms with van der Waals surface area (Å²) in [6.45, 7) is 7.72. The highest BCUT2D eigenvalue weighted by atomic mass is 32.2. The van der Waals surface area contributed by atoms with Gasteiger partial charge in [0.1, 0.15) is 16.7 Å². The van der Waals surface area contributed by atoms with Gasteiger partial charge in [0.2, 0.25) is 10.0 Å². The number of sulfonamides is 1. The molecule has 2 aliphatic rings. The van der Waals surface area contributed by atoms with E-state index in [1.807, 2.05) is 19.1 Å². The molecule has 0 spiro atoms. The molecule has 1 N–H and O–H groups in total. The van der Waals surface area contributed by atoms with Crippen LogP contribution in [-0.2, 0) is 10.0 Å². The van der Waals surface area contributed by atoms with E-state index in [-0.39, 0.29) is 23.5 Å². The zero-order valence-corrected chi connectivity index (χ0v) is 19.5. The molecule has 0 bridgehead atoms. The monoisotopic (exact) mass is 436 g/mol. The van der Waals surface area contributed by atoms with E-state index in [4.69, 9.17) is 4.74 Å². The van der Waals surface area contributed by atoms with Gasteiger partial charge in [-0.15, -0.1) is 0 Å². The van der Waals surface area contributed by atoms with Crippen molar-refractivity contribution in [2.75, 3.05) is 33.3 Å². The van der Waals surface area contributed by atoms with Gasteiger partial charge in [0, 0.05) is 25.0 Å². The number of hydrogen-bond donors (Lipinski definition) is 1. The minimum atomic E-state index is -3.77. The second kappa shape index (κ2) is 9.81. The lowest BCUT2D eigenvalue weighted by molar-refractivity contribution is 0.0752. The number of hydrogen-bond acceptors (Lipinski definition) is 5. The Morgan fingerprint density at radius 1 is 1.37 bits per heavy atom. The molecule has 7 heteroatoms. The molecular formula is C23H36N2O4S. The average Bonchev–Trinajstić information content (AvgIpc) is 3.25. The molecule has 0 amide bonds. The highest BCUT2D eigenvalue weighted by Gasteiger charge is 2.38. The summed E-state index contributed by atoms with van der Waals surface area (Å²) in [6.07, 6.45) is 6.35. The highest BCUT2D eigenvalue weighted by Crippen LogP contribution is 2.37. The Bertz CT molecular complexity index is 868. The first-order valence-corrected chi connectivity index (χ1v) is 12.5. The van der Waals surface area contributed by atoms with Crippen LogP contribution in [0.5, 0.6) is 5.75 Å². The van der Waals surface area contributed by atoms with E-state index in [2.05, 4.69) is 24.9 Å². The van der Waals surface area contributed by atoms with Gasteiger partial charge >= 0.3 is 0 Å². The maximum Gasteiger partial charge on any atom is 0.247 e. The smallest absolute Gasteiger partial charge is 0.247 e. The Kier molecular flexibility index (Phi) is 7.61. The number of fused-ring (bicyclic) bond motifs is 1. The van der Waals surface area contributed by atoms with Gasteiger partial charge in [-0.05, 0) is 69.5 Å². The summed E-state index contributed by atoms with van der Waals surface area (Å²) in [7, 11) is -1.70. The molecule has 1 aromatic carbocycles. The van der Waals surface area contributed by atoms with Gasteiger partial charge in [0.05, 0.1) is 6.61 Å². The molecule has 0 saturated carbocycles. The molecule has 1 aliphatic carbocycles. The zero-order chi connectivity index (χ0) is 21.9. The minimum absolute atomic E-state index is 0.0180. The van der Waals surface area contributed by atoms with Crippen LogP contribution in [0, 0.1) is 5.92 Å². The molecule has 1 aliphatic heterocycles. The van der Waals surface area contributed by atoms with Gasteiger partial charge in [-0.3, -0.25) is 0 Å². The molecule has 6 nitrogen and oxygen atoms in total. The minimum Gasteiger partial charge on any atom is -0.487 e. The molecule has 0 unspecified atom stereocenters. The van der Waals surface area contributed by atoms with E-state index in [1.165, 1.54) is 9.88 Å². The summed E-state index contributed by atoms with van der Waals surface area (Å²) in [5.74, 6) is 0.410. The van der Waals surface area contributed by atoms with Crippen molar-refractivity contribution >= 4 is 15.6 Å². The van der Waals surface area contributed by atoms with Crippen LogP contribution >= 0.6 is 0 Å². The SMILES string of the molecule is CCCN(C)C[C@H]1Oc2cc(C3=CCCC3)ccc2S(=O)(=O)N([C@@H](C)CO)C[C@@H]1C. The lowest BCUT2D eigenvalue weighted by atomic mass is 10.0. The van der Waals surface area contributed by atoms with Crippen LogP contribution in [0.3, 0.4) is 0 Å². The van der Waals surface area contributed by atoms with Crippen LogP contribution in [0.25, 0.3) is 5.57 Å². The highest BCUT2D eigenvalue weighted by molar-refractivity contribution is 7.89. The molecule has 30 heavy (non-hydrogen) atoms. The quantitative estimate of drug-likeness (QED) is 0.710. The summed E-state index contributed by atoms with van der Waals surface area (Å²) in [6, 6.07) is 4.98. The zero-order valence-electron chi connectivity index (χ0n) is 18.7. The van der Waals surface area contributed by atoms with Crippen LogP contribution in [0.2, 0.25) is 0 Å². The molecule has 1 heterocycles. The third-order valence-corrected chi connectivity index (χ3v) is 8.20. The number of rotatable bonds is 7. The van der Waals surface area contributed by atoms with Crippen molar-refractivity contribution in [3.05, 3.63) is 29.8 Å². The first kappa shape index (κ1) is 23.3. The molecule has 0 fully saturated rings. The third kappa shape index (κ3) is 4.90. The Balaban J connectivity index is 2.06. The van der Waals surface area contributed by atoms with Gasteiger partial charge in [-0.1, -0.05) is 26.0 Å². The fourth-order valence-electron chi connectivity index (χ4n) is 4.36. The van der Waals surface area contributed by atoms with Gasteiger partial charge in [-0.25, -0.2) is 8.42 Å². The summed E-state index contributed by atoms with van der Waals surface area (Å²) in [5.41, 5.74) is 2.30. The predicted octanol–water partition coefficient (Wildman–Crippen LogP) is 3.36. The van der Waals surface area contributed by atoms with Crippen LogP contribution < -0.4 is 4.74 Å². The summed E-state index contributed by atoms with van der Waals surface area (Å²) in [5, 5.41) is 9.73. The number of aliphatic hydroxyl groups is 1. The van der Waals surface area contributed by atoms with Crippen LogP contribution in [0.1, 0.15) is 52.0 Å². The van der Waals surface area contributed by atoms with Gasteiger partial charge in [0.15, 0.2) is 0 Å². The van der Waals surface area contributed by atoms with Gasteiger partial charge in [-0.2, -0.15) is 4.31 Å². The van der Waals surface area contributed by atoms with Crippen LogP contribution in [-0.4, -0.2) is 68.2 Å². The van der Waals surface area contributed by atoms with Gasteiger partial charge in [0.25, 0.3) is 0 Å². The van der Waals surface area contributed by atoms with Crippen molar-refractivity contribution in [2.45, 2.75) is 63.5 Å². The fourth-order valence-corrected chi connectivity index (χ4v) is 6.18. The Morgan fingerprint density at radius 3 is 2.77 bits per heavy atom. The number of aliphatic hydroxyl groups excluding tert-OH is 1. The molecule has 0 radical (unpaired) electrons. The first-order chi connectivity index (χ1) is 14.3. The van der Waals surface area contributed by atoms with Crippen molar-refractivity contribution in [2.24, 2.45) is 5.92 Å². The van der Waals surface area contributed by atoms with E-state index >= 15 is 0 Å². The third-order valence-electron chi connectivity index (χ3n) is 6.18. The number of benzene rings is 1. The maximum absolute atomic E-state index is 13.5. The summed E-state index contributed by atoms with van der Waals surface area (Å²) >= 11 is 0.